The molecule has 0 atom stereocenters. The molecule has 6 nitrogen and oxygen atoms in total. The van der Waals surface area contributed by atoms with Crippen LogP contribution in [0.25, 0.3) is 0 Å². The van der Waals surface area contributed by atoms with E-state index in [2.05, 4.69) is 24.1 Å². The highest BCUT2D eigenvalue weighted by atomic mass is 16.5. The van der Waals surface area contributed by atoms with Gasteiger partial charge in [-0.15, -0.1) is 0 Å². The van der Waals surface area contributed by atoms with Crippen LogP contribution in [0.15, 0.2) is 18.2 Å². The zero-order valence-electron chi connectivity index (χ0n) is 15.2. The first-order chi connectivity index (χ1) is 11.5. The van der Waals surface area contributed by atoms with Crippen molar-refractivity contribution in [3.63, 3.8) is 0 Å². The summed E-state index contributed by atoms with van der Waals surface area (Å²) in [6.07, 6.45) is 1.01. The molecule has 0 spiro atoms. The molecule has 1 N–H and O–H groups in total. The number of nitrogens with one attached hydrogen (secondary N) is 1. The number of carbonyl (C=O) groups excluding carboxylic acids is 1. The van der Waals surface area contributed by atoms with E-state index in [0.717, 1.165) is 56.3 Å². The maximum Gasteiger partial charge on any atom is 0.317 e. The van der Waals surface area contributed by atoms with Crippen molar-refractivity contribution in [1.29, 1.82) is 0 Å². The van der Waals surface area contributed by atoms with Crippen LogP contribution in [0.3, 0.4) is 0 Å². The molecule has 1 saturated heterocycles. The van der Waals surface area contributed by atoms with Gasteiger partial charge in [0, 0.05) is 44.5 Å². The average molecular weight is 335 g/mol. The van der Waals surface area contributed by atoms with Crippen LogP contribution in [0.2, 0.25) is 0 Å². The third kappa shape index (κ3) is 4.69. The topological polar surface area (TPSA) is 54.0 Å². The molecule has 1 aliphatic heterocycles. The molecule has 134 valence electrons. The minimum absolute atomic E-state index is 0.0441. The number of anilines is 1. The van der Waals surface area contributed by atoms with Crippen molar-refractivity contribution < 1.29 is 14.3 Å². The van der Waals surface area contributed by atoms with E-state index in [0.29, 0.717) is 5.92 Å². The predicted molar refractivity (Wildman–Crippen MR) is 96.2 cm³/mol. The average Bonchev–Trinajstić information content (AvgIpc) is 2.60. The lowest BCUT2D eigenvalue weighted by Crippen LogP contribution is -2.52. The summed E-state index contributed by atoms with van der Waals surface area (Å²) in [5.74, 6) is 2.06. The van der Waals surface area contributed by atoms with E-state index in [4.69, 9.17) is 9.47 Å². The fourth-order valence-corrected chi connectivity index (χ4v) is 2.77. The summed E-state index contributed by atoms with van der Waals surface area (Å²) in [6.45, 7) is 8.14. The molecule has 2 rings (SSSR count). The summed E-state index contributed by atoms with van der Waals surface area (Å²) >= 11 is 0. The first kappa shape index (κ1) is 18.2. The van der Waals surface area contributed by atoms with Crippen molar-refractivity contribution in [1.82, 2.24) is 10.2 Å². The van der Waals surface area contributed by atoms with Gasteiger partial charge in [-0.25, -0.2) is 4.79 Å². The van der Waals surface area contributed by atoms with Gasteiger partial charge in [-0.2, -0.15) is 0 Å². The Kier molecular flexibility index (Phi) is 6.58. The molecule has 0 saturated carbocycles. The summed E-state index contributed by atoms with van der Waals surface area (Å²) in [7, 11) is 3.27. The Morgan fingerprint density at radius 2 is 1.79 bits per heavy atom. The molecule has 0 aromatic heterocycles. The molecule has 0 unspecified atom stereocenters. The smallest absolute Gasteiger partial charge is 0.317 e. The molecule has 1 fully saturated rings. The number of amides is 2. The molecule has 1 aromatic rings. The molecule has 1 heterocycles. The van der Waals surface area contributed by atoms with Crippen LogP contribution >= 0.6 is 0 Å². The lowest BCUT2D eigenvalue weighted by molar-refractivity contribution is 0.194. The van der Waals surface area contributed by atoms with E-state index < -0.39 is 0 Å². The van der Waals surface area contributed by atoms with Crippen LogP contribution in [-0.4, -0.2) is 57.9 Å². The van der Waals surface area contributed by atoms with E-state index in [-0.39, 0.29) is 6.03 Å². The van der Waals surface area contributed by atoms with Gasteiger partial charge in [0.05, 0.1) is 14.2 Å². The largest absolute Gasteiger partial charge is 0.493 e. The molecular formula is C18H29N3O3. The molecule has 0 aliphatic carbocycles. The van der Waals surface area contributed by atoms with Crippen LogP contribution in [-0.2, 0) is 0 Å². The number of benzene rings is 1. The maximum atomic E-state index is 12.2. The lowest BCUT2D eigenvalue weighted by atomic mass is 10.1. The molecule has 2 amide bonds. The number of carbonyl (C=O) groups is 1. The fourth-order valence-electron chi connectivity index (χ4n) is 2.77. The van der Waals surface area contributed by atoms with Crippen LogP contribution in [0.4, 0.5) is 10.5 Å². The van der Waals surface area contributed by atoms with Crippen LogP contribution in [0.5, 0.6) is 11.5 Å². The van der Waals surface area contributed by atoms with Gasteiger partial charge >= 0.3 is 6.03 Å². The van der Waals surface area contributed by atoms with Gasteiger partial charge in [-0.1, -0.05) is 13.8 Å². The van der Waals surface area contributed by atoms with Gasteiger partial charge in [0.15, 0.2) is 11.5 Å². The minimum atomic E-state index is 0.0441. The molecule has 1 aromatic carbocycles. The van der Waals surface area contributed by atoms with Gasteiger partial charge in [0.25, 0.3) is 0 Å². The molecule has 0 bridgehead atoms. The van der Waals surface area contributed by atoms with Crippen molar-refractivity contribution in [3.8, 4) is 11.5 Å². The van der Waals surface area contributed by atoms with E-state index in [9.17, 15) is 4.79 Å². The van der Waals surface area contributed by atoms with Crippen molar-refractivity contribution in [2.45, 2.75) is 20.3 Å². The second-order valence-electron chi connectivity index (χ2n) is 6.43. The van der Waals surface area contributed by atoms with Gasteiger partial charge in [-0.05, 0) is 24.5 Å². The van der Waals surface area contributed by atoms with E-state index in [1.54, 1.807) is 14.2 Å². The Morgan fingerprint density at radius 3 is 2.38 bits per heavy atom. The Balaban J connectivity index is 1.87. The molecule has 0 radical (unpaired) electrons. The van der Waals surface area contributed by atoms with E-state index in [1.807, 2.05) is 23.1 Å². The Labute approximate surface area is 144 Å². The molecule has 1 aliphatic rings. The highest BCUT2D eigenvalue weighted by Gasteiger charge is 2.21. The number of ether oxygens (including phenoxy) is 2. The fraction of sp³-hybridized carbons (Fsp3) is 0.611. The second-order valence-corrected chi connectivity index (χ2v) is 6.43. The summed E-state index contributed by atoms with van der Waals surface area (Å²) in [4.78, 5) is 16.3. The highest BCUT2D eigenvalue weighted by molar-refractivity contribution is 5.74. The number of nitrogens with zero attached hydrogens (tertiary/aromatic N) is 2. The summed E-state index contributed by atoms with van der Waals surface area (Å²) in [6, 6.07) is 5.97. The SMILES string of the molecule is COc1ccc(N2CCN(C(=O)NCCC(C)C)CC2)cc1OC. The monoisotopic (exact) mass is 335 g/mol. The zero-order chi connectivity index (χ0) is 17.5. The molecule has 24 heavy (non-hydrogen) atoms. The van der Waals surface area contributed by atoms with Gasteiger partial charge in [-0.3, -0.25) is 0 Å². The lowest BCUT2D eigenvalue weighted by Gasteiger charge is -2.36. The van der Waals surface area contributed by atoms with Crippen molar-refractivity contribution in [2.75, 3.05) is 51.8 Å². The molecular weight excluding hydrogens is 306 g/mol. The Bertz CT molecular complexity index is 540. The van der Waals surface area contributed by atoms with Gasteiger partial charge < -0.3 is 24.6 Å². The Hall–Kier alpha value is -2.11. The number of rotatable bonds is 6. The second kappa shape index (κ2) is 8.66. The summed E-state index contributed by atoms with van der Waals surface area (Å²) < 4.78 is 10.6. The van der Waals surface area contributed by atoms with Crippen molar-refractivity contribution in [2.24, 2.45) is 5.92 Å². The maximum absolute atomic E-state index is 12.2. The normalized spacial score (nSPS) is 14.7. The first-order valence-corrected chi connectivity index (χ1v) is 8.55. The van der Waals surface area contributed by atoms with Gasteiger partial charge in [0.2, 0.25) is 0 Å². The number of hydrogen-bond donors (Lipinski definition) is 1. The van der Waals surface area contributed by atoms with Crippen molar-refractivity contribution >= 4 is 11.7 Å². The first-order valence-electron chi connectivity index (χ1n) is 8.55. The van der Waals surface area contributed by atoms with Crippen LogP contribution in [0, 0.1) is 5.92 Å². The third-order valence-corrected chi connectivity index (χ3v) is 4.30. The number of piperazine rings is 1. The number of hydrogen-bond acceptors (Lipinski definition) is 4. The van der Waals surface area contributed by atoms with E-state index >= 15 is 0 Å². The third-order valence-electron chi connectivity index (χ3n) is 4.30. The predicted octanol–water partition coefficient (Wildman–Crippen LogP) is 2.58. The summed E-state index contributed by atoms with van der Waals surface area (Å²) in [5.41, 5.74) is 1.09. The molecule has 6 heteroatoms. The zero-order valence-corrected chi connectivity index (χ0v) is 15.2. The standard InChI is InChI=1S/C18H29N3O3/c1-14(2)7-8-19-18(22)21-11-9-20(10-12-21)15-5-6-16(23-3)17(13-15)24-4/h5-6,13-14H,7-12H2,1-4H3,(H,19,22). The summed E-state index contributed by atoms with van der Waals surface area (Å²) in [5, 5.41) is 3.00. The quantitative estimate of drug-likeness (QED) is 0.868. The number of urea groups is 1. The Morgan fingerprint density at radius 1 is 1.12 bits per heavy atom. The van der Waals surface area contributed by atoms with Crippen LogP contribution in [0.1, 0.15) is 20.3 Å². The van der Waals surface area contributed by atoms with Gasteiger partial charge in [0.1, 0.15) is 0 Å². The highest BCUT2D eigenvalue weighted by Crippen LogP contribution is 2.31. The number of methoxy groups -OCH3 is 2. The van der Waals surface area contributed by atoms with Crippen molar-refractivity contribution in [3.05, 3.63) is 18.2 Å². The van der Waals surface area contributed by atoms with E-state index in [1.165, 1.54) is 0 Å². The van der Waals surface area contributed by atoms with Crippen LogP contribution < -0.4 is 19.7 Å². The minimum Gasteiger partial charge on any atom is -0.493 e.